The Morgan fingerprint density at radius 2 is 2.11 bits per heavy atom. The summed E-state index contributed by atoms with van der Waals surface area (Å²) in [6, 6.07) is 6.90. The number of rotatable bonds is 5. The molecule has 98 valence electrons. The molecule has 0 radical (unpaired) electrons. The van der Waals surface area contributed by atoms with Crippen LogP contribution in [-0.4, -0.2) is 34.5 Å². The van der Waals surface area contributed by atoms with Crippen molar-refractivity contribution in [3.63, 3.8) is 0 Å². The fourth-order valence-corrected chi connectivity index (χ4v) is 2.22. The second kappa shape index (κ2) is 7.56. The SMILES string of the molecule is CC(CO)SCC(=O)NC(=O)c1ccccc1Br. The van der Waals surface area contributed by atoms with E-state index in [1.165, 1.54) is 11.8 Å². The number of halogens is 1. The van der Waals surface area contributed by atoms with Crippen LogP contribution in [0.4, 0.5) is 0 Å². The molecular weight excluding hydrogens is 318 g/mol. The second-order valence-corrected chi connectivity index (χ2v) is 5.94. The number of hydrogen-bond acceptors (Lipinski definition) is 4. The molecule has 0 aromatic heterocycles. The number of aliphatic hydroxyl groups excluding tert-OH is 1. The topological polar surface area (TPSA) is 66.4 Å². The van der Waals surface area contributed by atoms with Crippen LogP contribution in [-0.2, 0) is 4.79 Å². The number of nitrogens with one attached hydrogen (secondary N) is 1. The largest absolute Gasteiger partial charge is 0.395 e. The molecule has 2 N–H and O–H groups in total. The molecule has 1 rings (SSSR count). The third kappa shape index (κ3) is 4.80. The van der Waals surface area contributed by atoms with Gasteiger partial charge in [-0.2, -0.15) is 0 Å². The summed E-state index contributed by atoms with van der Waals surface area (Å²) in [7, 11) is 0. The lowest BCUT2D eigenvalue weighted by atomic mass is 10.2. The summed E-state index contributed by atoms with van der Waals surface area (Å²) >= 11 is 4.55. The molecule has 0 saturated heterocycles. The Morgan fingerprint density at radius 1 is 1.44 bits per heavy atom. The van der Waals surface area contributed by atoms with Crippen LogP contribution in [0.2, 0.25) is 0 Å². The molecule has 0 aliphatic rings. The van der Waals surface area contributed by atoms with Crippen molar-refractivity contribution >= 4 is 39.5 Å². The predicted molar refractivity (Wildman–Crippen MR) is 75.6 cm³/mol. The van der Waals surface area contributed by atoms with Gasteiger partial charge >= 0.3 is 0 Å². The fraction of sp³-hybridized carbons (Fsp3) is 0.333. The molecule has 0 heterocycles. The molecule has 0 saturated carbocycles. The Labute approximate surface area is 118 Å². The minimum atomic E-state index is -0.426. The van der Waals surface area contributed by atoms with Crippen molar-refractivity contribution in [2.75, 3.05) is 12.4 Å². The zero-order valence-corrected chi connectivity index (χ0v) is 12.3. The summed E-state index contributed by atoms with van der Waals surface area (Å²) in [6.45, 7) is 1.82. The lowest BCUT2D eigenvalue weighted by Crippen LogP contribution is -2.32. The number of benzene rings is 1. The number of imide groups is 1. The van der Waals surface area contributed by atoms with Gasteiger partial charge in [0.2, 0.25) is 5.91 Å². The average Bonchev–Trinajstić information content (AvgIpc) is 2.36. The van der Waals surface area contributed by atoms with E-state index in [4.69, 9.17) is 5.11 Å². The van der Waals surface area contributed by atoms with E-state index in [-0.39, 0.29) is 23.5 Å². The van der Waals surface area contributed by atoms with Gasteiger partial charge in [-0.15, -0.1) is 11.8 Å². The van der Waals surface area contributed by atoms with Gasteiger partial charge in [-0.3, -0.25) is 14.9 Å². The molecule has 1 aromatic carbocycles. The summed E-state index contributed by atoms with van der Waals surface area (Å²) < 4.78 is 0.645. The average molecular weight is 332 g/mol. The predicted octanol–water partition coefficient (Wildman–Crippen LogP) is 1.82. The van der Waals surface area contributed by atoms with Gasteiger partial charge in [0, 0.05) is 9.72 Å². The van der Waals surface area contributed by atoms with Crippen molar-refractivity contribution in [3.05, 3.63) is 34.3 Å². The zero-order valence-electron chi connectivity index (χ0n) is 9.85. The Kier molecular flexibility index (Phi) is 6.38. The first-order valence-electron chi connectivity index (χ1n) is 5.35. The van der Waals surface area contributed by atoms with E-state index >= 15 is 0 Å². The van der Waals surface area contributed by atoms with Crippen LogP contribution in [0, 0.1) is 0 Å². The van der Waals surface area contributed by atoms with Crippen LogP contribution in [0.15, 0.2) is 28.7 Å². The molecule has 0 aliphatic heterocycles. The van der Waals surface area contributed by atoms with E-state index in [0.717, 1.165) is 0 Å². The van der Waals surface area contributed by atoms with Crippen LogP contribution in [0.1, 0.15) is 17.3 Å². The van der Waals surface area contributed by atoms with E-state index in [2.05, 4.69) is 21.2 Å². The van der Waals surface area contributed by atoms with Gasteiger partial charge in [-0.1, -0.05) is 19.1 Å². The number of hydrogen-bond donors (Lipinski definition) is 2. The minimum Gasteiger partial charge on any atom is -0.395 e. The van der Waals surface area contributed by atoms with Gasteiger partial charge in [0.25, 0.3) is 5.91 Å². The number of aliphatic hydroxyl groups is 1. The van der Waals surface area contributed by atoms with E-state index in [0.29, 0.717) is 10.0 Å². The number of amides is 2. The molecule has 0 bridgehead atoms. The molecule has 4 nitrogen and oxygen atoms in total. The van der Waals surface area contributed by atoms with Crippen molar-refractivity contribution in [2.45, 2.75) is 12.2 Å². The van der Waals surface area contributed by atoms with Crippen LogP contribution in [0.5, 0.6) is 0 Å². The Hall–Kier alpha value is -0.850. The summed E-state index contributed by atoms with van der Waals surface area (Å²) in [6.07, 6.45) is 0. The van der Waals surface area contributed by atoms with E-state index in [1.807, 2.05) is 6.92 Å². The van der Waals surface area contributed by atoms with Gasteiger partial charge in [-0.05, 0) is 28.1 Å². The standard InChI is InChI=1S/C12H14BrNO3S/c1-8(6-15)18-7-11(16)14-12(17)9-4-2-3-5-10(9)13/h2-5,8,15H,6-7H2,1H3,(H,14,16,17). The highest BCUT2D eigenvalue weighted by molar-refractivity contribution is 9.10. The Bertz CT molecular complexity index is 439. The summed E-state index contributed by atoms with van der Waals surface area (Å²) in [5.74, 6) is -0.636. The van der Waals surface area contributed by atoms with Gasteiger partial charge in [0.15, 0.2) is 0 Å². The zero-order chi connectivity index (χ0) is 13.5. The lowest BCUT2D eigenvalue weighted by molar-refractivity contribution is -0.117. The maximum absolute atomic E-state index is 11.8. The molecule has 2 amide bonds. The monoisotopic (exact) mass is 331 g/mol. The van der Waals surface area contributed by atoms with Crippen molar-refractivity contribution in [1.29, 1.82) is 0 Å². The van der Waals surface area contributed by atoms with Crippen molar-refractivity contribution in [3.8, 4) is 0 Å². The van der Waals surface area contributed by atoms with Gasteiger partial charge in [-0.25, -0.2) is 0 Å². The summed E-state index contributed by atoms with van der Waals surface area (Å²) in [4.78, 5) is 23.3. The van der Waals surface area contributed by atoms with Crippen LogP contribution in [0.25, 0.3) is 0 Å². The molecule has 0 spiro atoms. The summed E-state index contributed by atoms with van der Waals surface area (Å²) in [5, 5.41) is 11.1. The Morgan fingerprint density at radius 3 is 2.72 bits per heavy atom. The number of thioether (sulfide) groups is 1. The molecule has 1 aromatic rings. The highest BCUT2D eigenvalue weighted by Crippen LogP contribution is 2.15. The van der Waals surface area contributed by atoms with Gasteiger partial charge < -0.3 is 5.11 Å². The van der Waals surface area contributed by atoms with E-state index < -0.39 is 5.91 Å². The smallest absolute Gasteiger partial charge is 0.259 e. The van der Waals surface area contributed by atoms with Crippen molar-refractivity contribution in [2.24, 2.45) is 0 Å². The molecule has 1 unspecified atom stereocenters. The molecule has 0 aliphatic carbocycles. The molecule has 6 heteroatoms. The maximum Gasteiger partial charge on any atom is 0.259 e. The van der Waals surface area contributed by atoms with Gasteiger partial charge in [0.1, 0.15) is 0 Å². The van der Waals surface area contributed by atoms with Crippen molar-refractivity contribution < 1.29 is 14.7 Å². The second-order valence-electron chi connectivity index (χ2n) is 3.66. The van der Waals surface area contributed by atoms with Crippen molar-refractivity contribution in [1.82, 2.24) is 5.32 Å². The maximum atomic E-state index is 11.8. The normalized spacial score (nSPS) is 11.9. The van der Waals surface area contributed by atoms with Crippen LogP contribution < -0.4 is 5.32 Å². The molecule has 1 atom stereocenters. The van der Waals surface area contributed by atoms with Gasteiger partial charge in [0.05, 0.1) is 17.9 Å². The quantitative estimate of drug-likeness (QED) is 0.863. The first-order valence-corrected chi connectivity index (χ1v) is 7.20. The third-order valence-corrected chi connectivity index (χ3v) is 3.97. The van der Waals surface area contributed by atoms with Crippen LogP contribution >= 0.6 is 27.7 Å². The first kappa shape index (κ1) is 15.2. The first-order chi connectivity index (χ1) is 8.54. The third-order valence-electron chi connectivity index (χ3n) is 2.13. The minimum absolute atomic E-state index is 0.0100. The fourth-order valence-electron chi connectivity index (χ4n) is 1.15. The lowest BCUT2D eigenvalue weighted by Gasteiger charge is -2.08. The van der Waals surface area contributed by atoms with E-state index in [9.17, 15) is 9.59 Å². The number of carbonyl (C=O) groups is 2. The molecule has 18 heavy (non-hydrogen) atoms. The Balaban J connectivity index is 2.50. The number of carbonyl (C=O) groups excluding carboxylic acids is 2. The highest BCUT2D eigenvalue weighted by atomic mass is 79.9. The molecule has 0 fully saturated rings. The highest BCUT2D eigenvalue weighted by Gasteiger charge is 2.13. The van der Waals surface area contributed by atoms with E-state index in [1.54, 1.807) is 24.3 Å². The summed E-state index contributed by atoms with van der Waals surface area (Å²) in [5.41, 5.74) is 0.422. The van der Waals surface area contributed by atoms with Crippen LogP contribution in [0.3, 0.4) is 0 Å². The molecular formula is C12H14BrNO3S.